The Kier molecular flexibility index (Phi) is 2.71. The highest BCUT2D eigenvalue weighted by atomic mass is 16.4. The minimum absolute atomic E-state index is 0.392. The first kappa shape index (κ1) is 12.2. The van der Waals surface area contributed by atoms with Gasteiger partial charge in [0.1, 0.15) is 0 Å². The van der Waals surface area contributed by atoms with E-state index >= 15 is 0 Å². The molecule has 1 heterocycles. The molecule has 1 saturated heterocycles. The van der Waals surface area contributed by atoms with Crippen molar-refractivity contribution in [3.8, 4) is 0 Å². The van der Waals surface area contributed by atoms with E-state index in [4.69, 9.17) is 5.11 Å². The molecule has 0 radical (unpaired) electrons. The van der Waals surface area contributed by atoms with Crippen molar-refractivity contribution in [3.05, 3.63) is 47.5 Å². The molecule has 3 aliphatic rings. The monoisotopic (exact) mass is 269 g/mol. The van der Waals surface area contributed by atoms with Gasteiger partial charge in [0.2, 0.25) is 0 Å². The van der Waals surface area contributed by atoms with Crippen LogP contribution in [0.1, 0.15) is 22.3 Å². The number of nitrogens with zero attached hydrogens (tertiary/aromatic N) is 1. The first-order valence-corrected chi connectivity index (χ1v) is 7.43. The standard InChI is InChI=1S/C17H19NO2/c19-17(20)14-3-1-2-11(6-14)8-18-9-15-12-4-5-13(7-12)16(15)10-18/h1-6,12-13,15-16H,7-10H2,(H,19,20)/t12?,13?,15-,16+. The van der Waals surface area contributed by atoms with Crippen molar-refractivity contribution in [1.29, 1.82) is 0 Å². The van der Waals surface area contributed by atoms with Crippen LogP contribution in [0.25, 0.3) is 0 Å². The quantitative estimate of drug-likeness (QED) is 0.858. The van der Waals surface area contributed by atoms with Gasteiger partial charge >= 0.3 is 5.97 Å². The van der Waals surface area contributed by atoms with Gasteiger partial charge in [0.25, 0.3) is 0 Å². The third kappa shape index (κ3) is 1.88. The molecule has 3 heteroatoms. The summed E-state index contributed by atoms with van der Waals surface area (Å²) in [5, 5.41) is 9.06. The van der Waals surface area contributed by atoms with E-state index in [1.54, 1.807) is 6.07 Å². The lowest BCUT2D eigenvalue weighted by molar-refractivity contribution is 0.0696. The molecule has 1 aromatic carbocycles. The lowest BCUT2D eigenvalue weighted by Crippen LogP contribution is -2.22. The predicted octanol–water partition coefficient (Wildman–Crippen LogP) is 2.64. The number of allylic oxidation sites excluding steroid dienone is 2. The van der Waals surface area contributed by atoms with E-state index in [9.17, 15) is 4.79 Å². The molecular weight excluding hydrogens is 250 g/mol. The van der Waals surface area contributed by atoms with Crippen molar-refractivity contribution in [2.45, 2.75) is 13.0 Å². The Labute approximate surface area is 118 Å². The molecule has 2 bridgehead atoms. The lowest BCUT2D eigenvalue weighted by Gasteiger charge is -2.18. The van der Waals surface area contributed by atoms with Crippen LogP contribution in [0, 0.1) is 23.7 Å². The third-order valence-electron chi connectivity index (χ3n) is 5.32. The number of benzene rings is 1. The van der Waals surface area contributed by atoms with E-state index in [1.165, 1.54) is 19.5 Å². The van der Waals surface area contributed by atoms with Crippen LogP contribution in [-0.4, -0.2) is 29.1 Å². The van der Waals surface area contributed by atoms with E-state index in [-0.39, 0.29) is 0 Å². The van der Waals surface area contributed by atoms with Gasteiger partial charge in [-0.15, -0.1) is 0 Å². The van der Waals surface area contributed by atoms with Gasteiger partial charge in [0.05, 0.1) is 5.56 Å². The Hall–Kier alpha value is -1.61. The second-order valence-electron chi connectivity index (χ2n) is 6.48. The molecule has 0 amide bonds. The fraction of sp³-hybridized carbons (Fsp3) is 0.471. The minimum Gasteiger partial charge on any atom is -0.478 e. The zero-order valence-corrected chi connectivity index (χ0v) is 11.4. The van der Waals surface area contributed by atoms with Crippen LogP contribution in [0.3, 0.4) is 0 Å². The molecule has 2 fully saturated rings. The molecule has 4 atom stereocenters. The van der Waals surface area contributed by atoms with E-state index in [0.29, 0.717) is 5.56 Å². The summed E-state index contributed by atoms with van der Waals surface area (Å²) in [6.07, 6.45) is 6.21. The first-order valence-electron chi connectivity index (χ1n) is 7.43. The van der Waals surface area contributed by atoms with Crippen LogP contribution >= 0.6 is 0 Å². The summed E-state index contributed by atoms with van der Waals surface area (Å²) in [7, 11) is 0. The van der Waals surface area contributed by atoms with Gasteiger partial charge < -0.3 is 5.11 Å². The highest BCUT2D eigenvalue weighted by Gasteiger charge is 2.48. The highest BCUT2D eigenvalue weighted by Crippen LogP contribution is 2.51. The molecule has 2 unspecified atom stereocenters. The SMILES string of the molecule is O=C(O)c1cccc(CN2C[C@@H]3C4C=CC(C4)[C@@H]3C2)c1. The van der Waals surface area contributed by atoms with Gasteiger partial charge in [-0.3, -0.25) is 4.90 Å². The van der Waals surface area contributed by atoms with Crippen LogP contribution in [0.2, 0.25) is 0 Å². The van der Waals surface area contributed by atoms with Crippen LogP contribution in [-0.2, 0) is 6.54 Å². The second-order valence-corrected chi connectivity index (χ2v) is 6.48. The Balaban J connectivity index is 1.46. The number of carbonyl (C=O) groups is 1. The summed E-state index contributed by atoms with van der Waals surface area (Å²) in [6.45, 7) is 3.23. The smallest absolute Gasteiger partial charge is 0.335 e. The number of hydrogen-bond acceptors (Lipinski definition) is 2. The molecule has 1 aromatic rings. The van der Waals surface area contributed by atoms with E-state index < -0.39 is 5.97 Å². The van der Waals surface area contributed by atoms with Crippen molar-refractivity contribution in [2.24, 2.45) is 23.7 Å². The molecule has 1 aliphatic heterocycles. The minimum atomic E-state index is -0.840. The largest absolute Gasteiger partial charge is 0.478 e. The number of hydrogen-bond donors (Lipinski definition) is 1. The highest BCUT2D eigenvalue weighted by molar-refractivity contribution is 5.87. The number of likely N-dealkylation sites (tertiary alicyclic amines) is 1. The molecule has 0 spiro atoms. The maximum Gasteiger partial charge on any atom is 0.335 e. The van der Waals surface area contributed by atoms with Crippen molar-refractivity contribution in [1.82, 2.24) is 4.90 Å². The van der Waals surface area contributed by atoms with Gasteiger partial charge in [-0.2, -0.15) is 0 Å². The van der Waals surface area contributed by atoms with Crippen LogP contribution < -0.4 is 0 Å². The fourth-order valence-electron chi connectivity index (χ4n) is 4.43. The molecule has 4 rings (SSSR count). The van der Waals surface area contributed by atoms with Gasteiger partial charge in [-0.25, -0.2) is 4.79 Å². The summed E-state index contributed by atoms with van der Waals surface area (Å²) >= 11 is 0. The zero-order chi connectivity index (χ0) is 13.7. The Morgan fingerprint density at radius 2 is 1.90 bits per heavy atom. The average molecular weight is 269 g/mol. The molecular formula is C17H19NO2. The maximum absolute atomic E-state index is 11.0. The molecule has 3 nitrogen and oxygen atoms in total. The second kappa shape index (κ2) is 4.45. The summed E-state index contributed by atoms with van der Waals surface area (Å²) in [5.41, 5.74) is 1.51. The number of rotatable bonds is 3. The van der Waals surface area contributed by atoms with Gasteiger partial charge in [-0.05, 0) is 47.8 Å². The number of carboxylic acids is 1. The number of aromatic carboxylic acids is 1. The Bertz CT molecular complexity index is 560. The Morgan fingerprint density at radius 1 is 1.20 bits per heavy atom. The van der Waals surface area contributed by atoms with Gasteiger partial charge in [0, 0.05) is 19.6 Å². The first-order chi connectivity index (χ1) is 9.70. The predicted molar refractivity (Wildman–Crippen MR) is 76.4 cm³/mol. The molecule has 1 saturated carbocycles. The summed E-state index contributed by atoms with van der Waals surface area (Å²) in [5.74, 6) is 2.45. The van der Waals surface area contributed by atoms with Crippen LogP contribution in [0.15, 0.2) is 36.4 Å². The lowest BCUT2D eigenvalue weighted by atomic mass is 9.86. The molecule has 104 valence electrons. The van der Waals surface area contributed by atoms with Gasteiger partial charge in [0.15, 0.2) is 0 Å². The molecule has 2 aliphatic carbocycles. The number of carboxylic acid groups (broad SMARTS) is 1. The average Bonchev–Trinajstić information content (AvgIpc) is 3.10. The normalized spacial score (nSPS) is 34.6. The van der Waals surface area contributed by atoms with Crippen molar-refractivity contribution in [2.75, 3.05) is 13.1 Å². The molecule has 20 heavy (non-hydrogen) atoms. The van der Waals surface area contributed by atoms with Crippen LogP contribution in [0.5, 0.6) is 0 Å². The zero-order valence-electron chi connectivity index (χ0n) is 11.4. The van der Waals surface area contributed by atoms with Crippen LogP contribution in [0.4, 0.5) is 0 Å². The number of fused-ring (bicyclic) bond motifs is 5. The molecule has 1 N–H and O–H groups in total. The fourth-order valence-corrected chi connectivity index (χ4v) is 4.43. The summed E-state index contributed by atoms with van der Waals surface area (Å²) in [6, 6.07) is 7.35. The van der Waals surface area contributed by atoms with E-state index in [0.717, 1.165) is 35.8 Å². The summed E-state index contributed by atoms with van der Waals surface area (Å²) in [4.78, 5) is 13.5. The summed E-state index contributed by atoms with van der Waals surface area (Å²) < 4.78 is 0. The van der Waals surface area contributed by atoms with Crippen molar-refractivity contribution < 1.29 is 9.90 Å². The van der Waals surface area contributed by atoms with E-state index in [1.807, 2.05) is 18.2 Å². The van der Waals surface area contributed by atoms with Gasteiger partial charge in [-0.1, -0.05) is 24.3 Å². The Morgan fingerprint density at radius 3 is 2.55 bits per heavy atom. The topological polar surface area (TPSA) is 40.5 Å². The maximum atomic E-state index is 11.0. The third-order valence-corrected chi connectivity index (χ3v) is 5.32. The van der Waals surface area contributed by atoms with E-state index in [2.05, 4.69) is 17.1 Å². The molecule has 0 aromatic heterocycles. The van der Waals surface area contributed by atoms with Crippen molar-refractivity contribution in [3.63, 3.8) is 0 Å². The van der Waals surface area contributed by atoms with Crippen molar-refractivity contribution >= 4 is 5.97 Å².